The summed E-state index contributed by atoms with van der Waals surface area (Å²) >= 11 is 11.7. The zero-order valence-electron chi connectivity index (χ0n) is 15.8. The largest absolute Gasteiger partial charge is 0.326 e. The summed E-state index contributed by atoms with van der Waals surface area (Å²) in [5, 5.41) is 7.46. The van der Waals surface area contributed by atoms with Crippen molar-refractivity contribution >= 4 is 46.9 Å². The van der Waals surface area contributed by atoms with Gasteiger partial charge in [-0.25, -0.2) is 5.43 Å². The highest BCUT2D eigenvalue weighted by molar-refractivity contribution is 6.42. The number of hydrogen-bond donors (Lipinski definition) is 2. The molecule has 2 amide bonds. The molecule has 0 atom stereocenters. The van der Waals surface area contributed by atoms with E-state index in [9.17, 15) is 9.59 Å². The Labute approximate surface area is 175 Å². The van der Waals surface area contributed by atoms with Gasteiger partial charge in [0.2, 0.25) is 11.8 Å². The van der Waals surface area contributed by atoms with Crippen LogP contribution in [-0.2, 0) is 9.59 Å². The molecule has 0 radical (unpaired) electrons. The van der Waals surface area contributed by atoms with E-state index in [0.29, 0.717) is 28.1 Å². The second-order valence-corrected chi connectivity index (χ2v) is 7.46. The van der Waals surface area contributed by atoms with Gasteiger partial charge in [0.25, 0.3) is 0 Å². The van der Waals surface area contributed by atoms with E-state index in [-0.39, 0.29) is 24.7 Å². The normalized spacial score (nSPS) is 11.0. The topological polar surface area (TPSA) is 70.6 Å². The average molecular weight is 420 g/mol. The summed E-state index contributed by atoms with van der Waals surface area (Å²) in [4.78, 5) is 23.7. The summed E-state index contributed by atoms with van der Waals surface area (Å²) in [6.45, 7) is 4.27. The number of rotatable bonds is 8. The molecular formula is C21H23Cl2N3O2. The van der Waals surface area contributed by atoms with E-state index in [0.717, 1.165) is 5.56 Å². The maximum Gasteiger partial charge on any atom is 0.240 e. The molecule has 0 saturated heterocycles. The standard InChI is InChI=1S/C21H23Cl2N3O2/c1-14(2)16-8-6-15(7-9-16)13-24-26-21(28)5-3-4-20(27)25-17-10-11-18(22)19(23)12-17/h6-14H,3-5H2,1-2H3,(H,25,27)(H,26,28)/b24-13-. The number of nitrogens with one attached hydrogen (secondary N) is 2. The van der Waals surface area contributed by atoms with Gasteiger partial charge in [0.1, 0.15) is 0 Å². The number of hydrazone groups is 1. The van der Waals surface area contributed by atoms with E-state index in [1.807, 2.05) is 24.3 Å². The second-order valence-electron chi connectivity index (χ2n) is 6.65. The smallest absolute Gasteiger partial charge is 0.240 e. The third-order valence-electron chi connectivity index (χ3n) is 4.02. The van der Waals surface area contributed by atoms with Crippen molar-refractivity contribution in [2.45, 2.75) is 39.0 Å². The van der Waals surface area contributed by atoms with Crippen LogP contribution in [0.5, 0.6) is 0 Å². The van der Waals surface area contributed by atoms with Crippen molar-refractivity contribution in [2.24, 2.45) is 5.10 Å². The van der Waals surface area contributed by atoms with E-state index in [1.54, 1.807) is 24.4 Å². The summed E-state index contributed by atoms with van der Waals surface area (Å²) in [5.41, 5.74) is 5.20. The molecule has 0 fully saturated rings. The molecule has 0 aliphatic carbocycles. The lowest BCUT2D eigenvalue weighted by Gasteiger charge is -2.06. The summed E-state index contributed by atoms with van der Waals surface area (Å²) in [5.74, 6) is 0.0388. The zero-order chi connectivity index (χ0) is 20.5. The lowest BCUT2D eigenvalue weighted by molar-refractivity contribution is -0.121. The van der Waals surface area contributed by atoms with E-state index in [2.05, 4.69) is 29.7 Å². The minimum atomic E-state index is -0.239. The summed E-state index contributed by atoms with van der Waals surface area (Å²) in [7, 11) is 0. The Kier molecular flexibility index (Phi) is 8.48. The maximum atomic E-state index is 11.9. The van der Waals surface area contributed by atoms with Crippen molar-refractivity contribution < 1.29 is 9.59 Å². The van der Waals surface area contributed by atoms with Crippen LogP contribution in [0.4, 0.5) is 5.69 Å². The molecule has 2 aromatic carbocycles. The molecule has 0 aliphatic rings. The van der Waals surface area contributed by atoms with Crippen molar-refractivity contribution in [3.63, 3.8) is 0 Å². The Balaban J connectivity index is 1.69. The van der Waals surface area contributed by atoms with Gasteiger partial charge >= 0.3 is 0 Å². The molecule has 5 nitrogen and oxygen atoms in total. The van der Waals surface area contributed by atoms with E-state index in [4.69, 9.17) is 23.2 Å². The van der Waals surface area contributed by atoms with Crippen LogP contribution in [0.3, 0.4) is 0 Å². The van der Waals surface area contributed by atoms with Gasteiger partial charge in [0.15, 0.2) is 0 Å². The second kappa shape index (κ2) is 10.8. The van der Waals surface area contributed by atoms with Crippen molar-refractivity contribution in [3.05, 3.63) is 63.6 Å². The van der Waals surface area contributed by atoms with Crippen molar-refractivity contribution in [2.75, 3.05) is 5.32 Å². The van der Waals surface area contributed by atoms with Crippen LogP contribution in [0.15, 0.2) is 47.6 Å². The van der Waals surface area contributed by atoms with E-state index in [1.165, 1.54) is 5.56 Å². The maximum absolute atomic E-state index is 11.9. The third kappa shape index (κ3) is 7.33. The van der Waals surface area contributed by atoms with Crippen LogP contribution in [-0.4, -0.2) is 18.0 Å². The molecule has 148 valence electrons. The number of amides is 2. The van der Waals surface area contributed by atoms with Crippen LogP contribution in [0.25, 0.3) is 0 Å². The first-order chi connectivity index (χ1) is 13.3. The van der Waals surface area contributed by atoms with Gasteiger partial charge in [-0.2, -0.15) is 5.10 Å². The number of carbonyl (C=O) groups is 2. The van der Waals surface area contributed by atoms with Gasteiger partial charge in [-0.15, -0.1) is 0 Å². The Hall–Kier alpha value is -2.37. The van der Waals surface area contributed by atoms with Crippen LogP contribution in [0.2, 0.25) is 10.0 Å². The fourth-order valence-electron chi connectivity index (χ4n) is 2.41. The Morgan fingerprint density at radius 2 is 1.68 bits per heavy atom. The summed E-state index contributed by atoms with van der Waals surface area (Å²) < 4.78 is 0. The predicted octanol–water partition coefficient (Wildman–Crippen LogP) is 5.38. The Morgan fingerprint density at radius 1 is 1.00 bits per heavy atom. The monoisotopic (exact) mass is 419 g/mol. The molecule has 28 heavy (non-hydrogen) atoms. The SMILES string of the molecule is CC(C)c1ccc(/C=N\NC(=O)CCCC(=O)Nc2ccc(Cl)c(Cl)c2)cc1. The molecule has 2 aromatic rings. The molecule has 0 saturated carbocycles. The third-order valence-corrected chi connectivity index (χ3v) is 4.76. The minimum Gasteiger partial charge on any atom is -0.326 e. The molecule has 0 aromatic heterocycles. The lowest BCUT2D eigenvalue weighted by Crippen LogP contribution is -2.18. The molecule has 7 heteroatoms. The first kappa shape index (κ1) is 21.9. The van der Waals surface area contributed by atoms with Gasteiger partial charge in [0.05, 0.1) is 16.3 Å². The number of nitrogens with zero attached hydrogens (tertiary/aromatic N) is 1. The van der Waals surface area contributed by atoms with Gasteiger partial charge in [0, 0.05) is 18.5 Å². The molecule has 2 rings (SSSR count). The highest BCUT2D eigenvalue weighted by Gasteiger charge is 2.07. The highest BCUT2D eigenvalue weighted by atomic mass is 35.5. The van der Waals surface area contributed by atoms with Gasteiger partial charge < -0.3 is 5.32 Å². The Morgan fingerprint density at radius 3 is 2.32 bits per heavy atom. The lowest BCUT2D eigenvalue weighted by atomic mass is 10.0. The van der Waals surface area contributed by atoms with Gasteiger partial charge in [-0.1, -0.05) is 61.3 Å². The fraction of sp³-hybridized carbons (Fsp3) is 0.286. The molecule has 0 heterocycles. The van der Waals surface area contributed by atoms with Crippen molar-refractivity contribution in [1.29, 1.82) is 0 Å². The predicted molar refractivity (Wildman–Crippen MR) is 115 cm³/mol. The highest BCUT2D eigenvalue weighted by Crippen LogP contribution is 2.25. The van der Waals surface area contributed by atoms with Crippen LogP contribution < -0.4 is 10.7 Å². The van der Waals surface area contributed by atoms with Crippen LogP contribution in [0.1, 0.15) is 50.2 Å². The van der Waals surface area contributed by atoms with E-state index < -0.39 is 0 Å². The minimum absolute atomic E-state index is 0.195. The van der Waals surface area contributed by atoms with Crippen molar-refractivity contribution in [3.8, 4) is 0 Å². The van der Waals surface area contributed by atoms with E-state index >= 15 is 0 Å². The van der Waals surface area contributed by atoms with Crippen LogP contribution >= 0.6 is 23.2 Å². The fourth-order valence-corrected chi connectivity index (χ4v) is 2.71. The number of halogens is 2. The quantitative estimate of drug-likeness (QED) is 0.445. The number of hydrogen-bond acceptors (Lipinski definition) is 3. The molecular weight excluding hydrogens is 397 g/mol. The van der Waals surface area contributed by atoms with Gasteiger partial charge in [-0.05, 0) is 41.7 Å². The molecule has 0 aliphatic heterocycles. The number of anilines is 1. The van der Waals surface area contributed by atoms with Crippen LogP contribution in [0, 0.1) is 0 Å². The summed E-state index contributed by atoms with van der Waals surface area (Å²) in [6.07, 6.45) is 2.43. The first-order valence-electron chi connectivity index (χ1n) is 9.02. The Bertz CT molecular complexity index is 849. The zero-order valence-corrected chi connectivity index (χ0v) is 17.3. The number of carbonyl (C=O) groups excluding carboxylic acids is 2. The molecule has 0 spiro atoms. The molecule has 2 N–H and O–H groups in total. The molecule has 0 bridgehead atoms. The first-order valence-corrected chi connectivity index (χ1v) is 9.77. The average Bonchev–Trinajstić information content (AvgIpc) is 2.65. The van der Waals surface area contributed by atoms with Gasteiger partial charge in [-0.3, -0.25) is 9.59 Å². The van der Waals surface area contributed by atoms with Crippen molar-refractivity contribution in [1.82, 2.24) is 5.43 Å². The number of benzene rings is 2. The summed E-state index contributed by atoms with van der Waals surface area (Å²) in [6, 6.07) is 12.9. The molecule has 0 unspecified atom stereocenters.